The number of aromatic hydroxyl groups is 1. The summed E-state index contributed by atoms with van der Waals surface area (Å²) in [6, 6.07) is 17.6. The summed E-state index contributed by atoms with van der Waals surface area (Å²) in [5, 5.41) is 10.4. The van der Waals surface area contributed by atoms with Crippen LogP contribution in [0.5, 0.6) is 11.5 Å². The number of piperidine rings is 1. The van der Waals surface area contributed by atoms with E-state index in [2.05, 4.69) is 4.90 Å². The quantitative estimate of drug-likeness (QED) is 0.526. The zero-order valence-electron chi connectivity index (χ0n) is 19.3. The molecule has 0 bridgehead atoms. The summed E-state index contributed by atoms with van der Waals surface area (Å²) < 4.78 is 47.5. The summed E-state index contributed by atoms with van der Waals surface area (Å²) in [7, 11) is -2.36. The number of halogens is 1. The van der Waals surface area contributed by atoms with E-state index in [0.29, 0.717) is 43.9 Å². The topological polar surface area (TPSA) is 70.1 Å². The van der Waals surface area contributed by atoms with E-state index in [1.54, 1.807) is 6.07 Å². The van der Waals surface area contributed by atoms with Gasteiger partial charge in [0.1, 0.15) is 5.82 Å². The third-order valence-electron chi connectivity index (χ3n) is 6.24. The number of hydrogen-bond acceptors (Lipinski definition) is 5. The first-order chi connectivity index (χ1) is 16.3. The molecule has 0 radical (unpaired) electrons. The van der Waals surface area contributed by atoms with Gasteiger partial charge in [-0.25, -0.2) is 12.8 Å². The number of phenols is 1. The second kappa shape index (κ2) is 10.0. The zero-order valence-corrected chi connectivity index (χ0v) is 20.1. The van der Waals surface area contributed by atoms with Gasteiger partial charge in [-0.3, -0.25) is 9.21 Å². The van der Waals surface area contributed by atoms with Gasteiger partial charge in [0, 0.05) is 31.2 Å². The predicted octanol–water partition coefficient (Wildman–Crippen LogP) is 4.71. The maximum absolute atomic E-state index is 13.7. The molecule has 0 saturated carbocycles. The average molecular weight is 485 g/mol. The van der Waals surface area contributed by atoms with E-state index in [9.17, 15) is 17.9 Å². The van der Waals surface area contributed by atoms with Crippen LogP contribution in [0.15, 0.2) is 71.6 Å². The molecule has 1 N–H and O–H groups in total. The summed E-state index contributed by atoms with van der Waals surface area (Å²) in [4.78, 5) is 2.27. The van der Waals surface area contributed by atoms with Crippen molar-refractivity contribution in [3.63, 3.8) is 0 Å². The van der Waals surface area contributed by atoms with Crippen molar-refractivity contribution in [2.24, 2.45) is 0 Å². The first-order valence-electron chi connectivity index (χ1n) is 11.2. The SMILES string of the molecule is COc1cccc(CN2CCC(N(c3ccc(C)cc3)S(=O)(=O)c3ccc(F)cc3)CC2)c1O. The van der Waals surface area contributed by atoms with Crippen molar-refractivity contribution in [1.29, 1.82) is 0 Å². The van der Waals surface area contributed by atoms with Crippen LogP contribution >= 0.6 is 0 Å². The zero-order chi connectivity index (χ0) is 24.3. The molecule has 180 valence electrons. The third kappa shape index (κ3) is 5.03. The Labute approximate surface area is 200 Å². The number of rotatable bonds is 7. The van der Waals surface area contributed by atoms with Crippen LogP contribution in [0.25, 0.3) is 0 Å². The average Bonchev–Trinajstić information content (AvgIpc) is 2.83. The highest BCUT2D eigenvalue weighted by Gasteiger charge is 2.34. The Morgan fingerprint density at radius 3 is 2.29 bits per heavy atom. The van der Waals surface area contributed by atoms with Crippen molar-refractivity contribution < 1.29 is 22.7 Å². The molecule has 1 heterocycles. The molecular weight excluding hydrogens is 455 g/mol. The summed E-state index contributed by atoms with van der Waals surface area (Å²) in [6.45, 7) is 3.84. The van der Waals surface area contributed by atoms with Crippen molar-refractivity contribution in [1.82, 2.24) is 4.90 Å². The van der Waals surface area contributed by atoms with Gasteiger partial charge in [0.25, 0.3) is 10.0 Å². The van der Waals surface area contributed by atoms with Crippen LogP contribution < -0.4 is 9.04 Å². The molecule has 1 fully saturated rings. The Bertz CT molecular complexity index is 1220. The van der Waals surface area contributed by atoms with Gasteiger partial charge in [0.15, 0.2) is 11.5 Å². The van der Waals surface area contributed by atoms with Crippen LogP contribution in [0.3, 0.4) is 0 Å². The van der Waals surface area contributed by atoms with Gasteiger partial charge in [0.2, 0.25) is 0 Å². The standard InChI is InChI=1S/C26H29FN2O4S/c1-19-6-10-22(11-7-19)29(34(31,32)24-12-8-21(27)9-13-24)23-14-16-28(17-15-23)18-20-4-3-5-25(33-2)26(20)30/h3-13,23,30H,14-18H2,1-2H3. The Balaban J connectivity index is 1.56. The van der Waals surface area contributed by atoms with Gasteiger partial charge in [-0.15, -0.1) is 0 Å². The molecule has 0 amide bonds. The smallest absolute Gasteiger partial charge is 0.264 e. The number of hydrogen-bond donors (Lipinski definition) is 1. The van der Waals surface area contributed by atoms with Gasteiger partial charge < -0.3 is 9.84 Å². The van der Waals surface area contributed by atoms with E-state index in [4.69, 9.17) is 4.74 Å². The lowest BCUT2D eigenvalue weighted by molar-refractivity contribution is 0.204. The van der Waals surface area contributed by atoms with Crippen LogP contribution in [0.1, 0.15) is 24.0 Å². The molecule has 0 spiro atoms. The lowest BCUT2D eigenvalue weighted by Crippen LogP contribution is -2.47. The Morgan fingerprint density at radius 1 is 1.03 bits per heavy atom. The number of ether oxygens (including phenoxy) is 1. The highest BCUT2D eigenvalue weighted by atomic mass is 32.2. The first-order valence-corrected chi connectivity index (χ1v) is 12.7. The largest absolute Gasteiger partial charge is 0.504 e. The predicted molar refractivity (Wildman–Crippen MR) is 130 cm³/mol. The third-order valence-corrected chi connectivity index (χ3v) is 8.14. The van der Waals surface area contributed by atoms with Crippen molar-refractivity contribution in [2.75, 3.05) is 24.5 Å². The van der Waals surface area contributed by atoms with E-state index in [1.165, 1.54) is 35.7 Å². The molecule has 34 heavy (non-hydrogen) atoms. The molecule has 3 aromatic carbocycles. The van der Waals surface area contributed by atoms with E-state index in [0.717, 1.165) is 11.1 Å². The lowest BCUT2D eigenvalue weighted by atomic mass is 10.0. The van der Waals surface area contributed by atoms with Crippen LogP contribution in [-0.4, -0.2) is 44.7 Å². The van der Waals surface area contributed by atoms with E-state index in [-0.39, 0.29) is 16.7 Å². The minimum atomic E-state index is -3.88. The second-order valence-electron chi connectivity index (χ2n) is 8.57. The van der Waals surface area contributed by atoms with E-state index in [1.807, 2.05) is 43.3 Å². The number of sulfonamides is 1. The fraction of sp³-hybridized carbons (Fsp3) is 0.308. The summed E-state index contributed by atoms with van der Waals surface area (Å²) in [5.41, 5.74) is 2.40. The molecule has 4 rings (SSSR count). The molecule has 1 aliphatic heterocycles. The summed E-state index contributed by atoms with van der Waals surface area (Å²) in [5.74, 6) is 0.0885. The van der Waals surface area contributed by atoms with Crippen molar-refractivity contribution >= 4 is 15.7 Å². The Hall–Kier alpha value is -3.10. The number of likely N-dealkylation sites (tertiary alicyclic amines) is 1. The van der Waals surface area contributed by atoms with Crippen LogP contribution in [-0.2, 0) is 16.6 Å². The highest BCUT2D eigenvalue weighted by molar-refractivity contribution is 7.92. The molecule has 8 heteroatoms. The summed E-state index contributed by atoms with van der Waals surface area (Å²) >= 11 is 0. The number of nitrogens with zero attached hydrogens (tertiary/aromatic N) is 2. The molecule has 0 unspecified atom stereocenters. The monoisotopic (exact) mass is 484 g/mol. The van der Waals surface area contributed by atoms with Crippen LogP contribution in [0, 0.1) is 12.7 Å². The van der Waals surface area contributed by atoms with Gasteiger partial charge >= 0.3 is 0 Å². The highest BCUT2D eigenvalue weighted by Crippen LogP contribution is 2.33. The molecule has 0 atom stereocenters. The molecule has 0 aromatic heterocycles. The van der Waals surface area contributed by atoms with Crippen LogP contribution in [0.2, 0.25) is 0 Å². The number of benzene rings is 3. The first kappa shape index (κ1) is 24.0. The normalized spacial score (nSPS) is 15.3. The fourth-order valence-corrected chi connectivity index (χ4v) is 6.08. The molecular formula is C26H29FN2O4S. The molecule has 1 saturated heterocycles. The number of anilines is 1. The number of phenolic OH excluding ortho intramolecular Hbond substituents is 1. The minimum absolute atomic E-state index is 0.0678. The molecule has 0 aliphatic carbocycles. The number of methoxy groups -OCH3 is 1. The lowest BCUT2D eigenvalue weighted by Gasteiger charge is -2.39. The van der Waals surface area contributed by atoms with Gasteiger partial charge in [-0.1, -0.05) is 29.8 Å². The van der Waals surface area contributed by atoms with Gasteiger partial charge in [-0.2, -0.15) is 0 Å². The number of aryl methyl sites for hydroxylation is 1. The van der Waals surface area contributed by atoms with Gasteiger partial charge in [-0.05, 0) is 62.2 Å². The number of para-hydroxylation sites is 1. The van der Waals surface area contributed by atoms with Crippen LogP contribution in [0.4, 0.5) is 10.1 Å². The Kier molecular flexibility index (Phi) is 7.09. The van der Waals surface area contributed by atoms with E-state index < -0.39 is 15.8 Å². The van der Waals surface area contributed by atoms with Crippen molar-refractivity contribution in [2.45, 2.75) is 37.2 Å². The summed E-state index contributed by atoms with van der Waals surface area (Å²) in [6.07, 6.45) is 1.25. The van der Waals surface area contributed by atoms with E-state index >= 15 is 0 Å². The maximum Gasteiger partial charge on any atom is 0.264 e. The molecule has 3 aromatic rings. The minimum Gasteiger partial charge on any atom is -0.504 e. The molecule has 6 nitrogen and oxygen atoms in total. The Morgan fingerprint density at radius 2 is 1.68 bits per heavy atom. The molecule has 1 aliphatic rings. The van der Waals surface area contributed by atoms with Crippen molar-refractivity contribution in [3.05, 3.63) is 83.7 Å². The second-order valence-corrected chi connectivity index (χ2v) is 10.4. The fourth-order valence-electron chi connectivity index (χ4n) is 4.37. The van der Waals surface area contributed by atoms with Gasteiger partial charge in [0.05, 0.1) is 17.7 Å². The maximum atomic E-state index is 13.7. The van der Waals surface area contributed by atoms with Crippen molar-refractivity contribution in [3.8, 4) is 11.5 Å².